The smallest absolute Gasteiger partial charge is 0.273 e. The fourth-order valence-electron chi connectivity index (χ4n) is 2.62. The maximum atomic E-state index is 12.5. The molecular formula is C20H19N3O3. The van der Waals surface area contributed by atoms with Crippen LogP contribution < -0.4 is 14.9 Å². The third-order valence-electron chi connectivity index (χ3n) is 3.83. The van der Waals surface area contributed by atoms with Gasteiger partial charge in [0.1, 0.15) is 0 Å². The topological polar surface area (TPSA) is 64.8 Å². The number of carbonyl (C=O) groups excluding carboxylic acids is 1. The molecule has 2 aromatic carbocycles. The Bertz CT molecular complexity index is 918. The molecule has 1 heterocycles. The van der Waals surface area contributed by atoms with E-state index in [1.807, 2.05) is 59.4 Å². The van der Waals surface area contributed by atoms with Gasteiger partial charge in [0, 0.05) is 18.0 Å². The summed E-state index contributed by atoms with van der Waals surface area (Å²) in [6.07, 6.45) is 5.30. The molecule has 0 unspecified atom stereocenters. The first-order valence-electron chi connectivity index (χ1n) is 8.01. The van der Waals surface area contributed by atoms with Gasteiger partial charge in [-0.3, -0.25) is 4.79 Å². The van der Waals surface area contributed by atoms with Crippen molar-refractivity contribution in [2.24, 2.45) is 5.10 Å². The lowest BCUT2D eigenvalue weighted by molar-refractivity contribution is 0.0955. The summed E-state index contributed by atoms with van der Waals surface area (Å²) in [7, 11) is 3.12. The van der Waals surface area contributed by atoms with Gasteiger partial charge in [-0.25, -0.2) is 5.43 Å². The lowest BCUT2D eigenvalue weighted by Gasteiger charge is -2.10. The summed E-state index contributed by atoms with van der Waals surface area (Å²) in [5, 5.41) is 4.06. The molecule has 132 valence electrons. The van der Waals surface area contributed by atoms with Gasteiger partial charge in [0.05, 0.1) is 31.7 Å². The number of aromatic nitrogens is 1. The number of nitrogens with zero attached hydrogens (tertiary/aromatic N) is 2. The van der Waals surface area contributed by atoms with Crippen LogP contribution in [0.4, 0.5) is 0 Å². The highest BCUT2D eigenvalue weighted by molar-refractivity contribution is 5.98. The van der Waals surface area contributed by atoms with E-state index < -0.39 is 0 Å². The van der Waals surface area contributed by atoms with Gasteiger partial charge < -0.3 is 14.0 Å². The van der Waals surface area contributed by atoms with E-state index in [1.54, 1.807) is 26.4 Å². The molecular weight excluding hydrogens is 330 g/mol. The Morgan fingerprint density at radius 1 is 1.00 bits per heavy atom. The second kappa shape index (κ2) is 8.02. The molecule has 3 rings (SSSR count). The van der Waals surface area contributed by atoms with Crippen LogP contribution in [0.15, 0.2) is 72.1 Å². The van der Waals surface area contributed by atoms with E-state index in [0.717, 1.165) is 5.69 Å². The highest BCUT2D eigenvalue weighted by Gasteiger charge is 2.11. The van der Waals surface area contributed by atoms with Crippen molar-refractivity contribution < 1.29 is 14.3 Å². The van der Waals surface area contributed by atoms with Crippen LogP contribution >= 0.6 is 0 Å². The van der Waals surface area contributed by atoms with Crippen molar-refractivity contribution in [2.45, 2.75) is 0 Å². The Morgan fingerprint density at radius 3 is 2.50 bits per heavy atom. The summed E-state index contributed by atoms with van der Waals surface area (Å²) >= 11 is 0. The number of nitrogens with one attached hydrogen (secondary N) is 1. The molecule has 3 aromatic rings. The van der Waals surface area contributed by atoms with Gasteiger partial charge in [-0.05, 0) is 36.4 Å². The van der Waals surface area contributed by atoms with Crippen LogP contribution in [0.25, 0.3) is 5.69 Å². The molecule has 0 aliphatic rings. The van der Waals surface area contributed by atoms with E-state index >= 15 is 0 Å². The first-order valence-corrected chi connectivity index (χ1v) is 8.01. The molecule has 0 aliphatic carbocycles. The molecule has 0 saturated carbocycles. The molecule has 0 fully saturated rings. The van der Waals surface area contributed by atoms with Gasteiger partial charge in [-0.1, -0.05) is 18.2 Å². The molecule has 6 nitrogen and oxygen atoms in total. The zero-order valence-corrected chi connectivity index (χ0v) is 14.5. The molecule has 1 N–H and O–H groups in total. The molecule has 0 aliphatic heterocycles. The monoisotopic (exact) mass is 349 g/mol. The molecule has 1 aromatic heterocycles. The van der Waals surface area contributed by atoms with Crippen molar-refractivity contribution in [1.82, 2.24) is 9.99 Å². The summed E-state index contributed by atoms with van der Waals surface area (Å²) in [5.41, 5.74) is 4.57. The normalized spacial score (nSPS) is 10.7. The summed E-state index contributed by atoms with van der Waals surface area (Å²) in [4.78, 5) is 12.5. The van der Waals surface area contributed by atoms with E-state index in [2.05, 4.69) is 10.5 Å². The van der Waals surface area contributed by atoms with Crippen LogP contribution in [-0.2, 0) is 0 Å². The highest BCUT2D eigenvalue weighted by atomic mass is 16.5. The van der Waals surface area contributed by atoms with Gasteiger partial charge in [-0.2, -0.15) is 5.10 Å². The zero-order chi connectivity index (χ0) is 18.4. The predicted molar refractivity (Wildman–Crippen MR) is 100 cm³/mol. The fraction of sp³-hybridized carbons (Fsp3) is 0.100. The van der Waals surface area contributed by atoms with Crippen LogP contribution in [0.1, 0.15) is 15.9 Å². The summed E-state index contributed by atoms with van der Waals surface area (Å²) in [5.74, 6) is 0.855. The average molecular weight is 349 g/mol. The number of para-hydroxylation sites is 2. The lowest BCUT2D eigenvalue weighted by atomic mass is 10.1. The second-order valence-electron chi connectivity index (χ2n) is 5.39. The predicted octanol–water partition coefficient (Wildman–Crippen LogP) is 3.26. The number of hydrogen-bond acceptors (Lipinski definition) is 4. The van der Waals surface area contributed by atoms with Gasteiger partial charge in [-0.15, -0.1) is 0 Å². The van der Waals surface area contributed by atoms with E-state index in [0.29, 0.717) is 22.6 Å². The first-order chi connectivity index (χ1) is 12.7. The van der Waals surface area contributed by atoms with E-state index in [1.165, 1.54) is 6.21 Å². The third kappa shape index (κ3) is 3.59. The fourth-order valence-corrected chi connectivity index (χ4v) is 2.62. The van der Waals surface area contributed by atoms with Crippen LogP contribution in [0.3, 0.4) is 0 Å². The first kappa shape index (κ1) is 17.3. The molecule has 0 atom stereocenters. The molecule has 26 heavy (non-hydrogen) atoms. The van der Waals surface area contributed by atoms with Crippen molar-refractivity contribution in [3.63, 3.8) is 0 Å². The molecule has 0 saturated heterocycles. The highest BCUT2D eigenvalue weighted by Crippen LogP contribution is 2.29. The van der Waals surface area contributed by atoms with Crippen LogP contribution in [-0.4, -0.2) is 30.9 Å². The molecule has 0 radical (unpaired) electrons. The minimum atomic E-state index is -0.299. The number of hydrogen-bond donors (Lipinski definition) is 1. The Balaban J connectivity index is 1.80. The number of ether oxygens (including phenoxy) is 2. The average Bonchev–Trinajstić information content (AvgIpc) is 3.22. The number of benzene rings is 2. The van der Waals surface area contributed by atoms with E-state index in [-0.39, 0.29) is 5.91 Å². The minimum absolute atomic E-state index is 0.299. The zero-order valence-electron chi connectivity index (χ0n) is 14.5. The third-order valence-corrected chi connectivity index (χ3v) is 3.83. The van der Waals surface area contributed by atoms with Crippen molar-refractivity contribution >= 4 is 12.1 Å². The SMILES string of the molecule is COc1cccc(/C=N/NC(=O)c2ccccc2-n2cccc2)c1OC. The number of carbonyl (C=O) groups is 1. The standard InChI is InChI=1S/C20H19N3O3/c1-25-18-11-7-8-15(19(18)26-2)14-21-22-20(24)16-9-3-4-10-17(16)23-12-5-6-13-23/h3-14H,1-2H3,(H,22,24)/b21-14+. The van der Waals surface area contributed by atoms with Crippen molar-refractivity contribution in [3.05, 3.63) is 78.1 Å². The van der Waals surface area contributed by atoms with Crippen molar-refractivity contribution in [1.29, 1.82) is 0 Å². The van der Waals surface area contributed by atoms with Crippen LogP contribution in [0.5, 0.6) is 11.5 Å². The summed E-state index contributed by atoms with van der Waals surface area (Å²) in [6.45, 7) is 0. The lowest BCUT2D eigenvalue weighted by Crippen LogP contribution is -2.19. The summed E-state index contributed by atoms with van der Waals surface area (Å²) in [6, 6.07) is 16.6. The van der Waals surface area contributed by atoms with E-state index in [4.69, 9.17) is 9.47 Å². The Hall–Kier alpha value is -3.54. The maximum Gasteiger partial charge on any atom is 0.273 e. The number of rotatable bonds is 6. The van der Waals surface area contributed by atoms with Crippen molar-refractivity contribution in [3.8, 4) is 17.2 Å². The number of hydrazone groups is 1. The van der Waals surface area contributed by atoms with Gasteiger partial charge in [0.15, 0.2) is 11.5 Å². The quantitative estimate of drug-likeness (QED) is 0.549. The van der Waals surface area contributed by atoms with Gasteiger partial charge >= 0.3 is 0 Å². The molecule has 0 spiro atoms. The Labute approximate surface area is 151 Å². The van der Waals surface area contributed by atoms with Crippen LogP contribution in [0, 0.1) is 0 Å². The molecule has 0 bridgehead atoms. The van der Waals surface area contributed by atoms with Gasteiger partial charge in [0.2, 0.25) is 0 Å². The Kier molecular flexibility index (Phi) is 5.34. The number of amides is 1. The number of methoxy groups -OCH3 is 2. The van der Waals surface area contributed by atoms with Crippen LogP contribution in [0.2, 0.25) is 0 Å². The second-order valence-corrected chi connectivity index (χ2v) is 5.39. The largest absolute Gasteiger partial charge is 0.493 e. The molecule has 6 heteroatoms. The van der Waals surface area contributed by atoms with Crippen molar-refractivity contribution in [2.75, 3.05) is 14.2 Å². The van der Waals surface area contributed by atoms with Gasteiger partial charge in [0.25, 0.3) is 5.91 Å². The van der Waals surface area contributed by atoms with E-state index in [9.17, 15) is 4.79 Å². The maximum absolute atomic E-state index is 12.5. The Morgan fingerprint density at radius 2 is 1.77 bits per heavy atom. The summed E-state index contributed by atoms with van der Waals surface area (Å²) < 4.78 is 12.5. The molecule has 1 amide bonds. The minimum Gasteiger partial charge on any atom is -0.493 e.